The quantitative estimate of drug-likeness (QED) is 0.276. The zero-order valence-corrected chi connectivity index (χ0v) is 22.0. The van der Waals surface area contributed by atoms with Crippen LogP contribution in [-0.4, -0.2) is 35.2 Å². The topological polar surface area (TPSA) is 114 Å². The zero-order chi connectivity index (χ0) is 26.4. The van der Waals surface area contributed by atoms with Gasteiger partial charge in [0, 0.05) is 24.0 Å². The Kier molecular flexibility index (Phi) is 6.70. The maximum atomic E-state index is 12.7. The third kappa shape index (κ3) is 4.51. The molecule has 4 rings (SSSR count). The molecule has 0 aliphatic carbocycles. The molecule has 0 bridgehead atoms. The summed E-state index contributed by atoms with van der Waals surface area (Å²) in [7, 11) is -4.53. The van der Waals surface area contributed by atoms with Gasteiger partial charge in [0.15, 0.2) is 11.6 Å². The van der Waals surface area contributed by atoms with E-state index < -0.39 is 15.5 Å². The highest BCUT2D eigenvalue weighted by Crippen LogP contribution is 2.48. The van der Waals surface area contributed by atoms with E-state index in [-0.39, 0.29) is 33.5 Å². The van der Waals surface area contributed by atoms with Gasteiger partial charge >= 0.3 is 0 Å². The largest absolute Gasteiger partial charge is 0.296 e. The van der Waals surface area contributed by atoms with E-state index in [4.69, 9.17) is 0 Å². The fourth-order valence-corrected chi connectivity index (χ4v) is 5.34. The van der Waals surface area contributed by atoms with Gasteiger partial charge in [0.05, 0.1) is 5.69 Å². The Labute approximate surface area is 211 Å². The number of fused-ring (bicyclic) bond motifs is 3. The molecule has 1 N–H and O–H groups in total. The summed E-state index contributed by atoms with van der Waals surface area (Å²) in [4.78, 5) is 34.0. The van der Waals surface area contributed by atoms with Crippen molar-refractivity contribution in [2.75, 3.05) is 0 Å². The highest BCUT2D eigenvalue weighted by atomic mass is 32.2. The molecule has 0 atom stereocenters. The monoisotopic (exact) mass is 506 g/mol. The number of nitrogens with zero attached hydrogens (tertiary/aromatic N) is 2. The highest BCUT2D eigenvalue weighted by molar-refractivity contribution is 7.86. The molecule has 0 fully saturated rings. The number of hydrogen-bond acceptors (Lipinski definition) is 6. The van der Waals surface area contributed by atoms with E-state index in [0.717, 1.165) is 16.7 Å². The van der Waals surface area contributed by atoms with Crippen molar-refractivity contribution in [3.63, 3.8) is 0 Å². The molecule has 2 heterocycles. The van der Waals surface area contributed by atoms with Gasteiger partial charge in [-0.05, 0) is 71.5 Å². The van der Waals surface area contributed by atoms with E-state index in [2.05, 4.69) is 9.98 Å². The molecule has 0 amide bonds. The number of aliphatic imine (C=N–C) groups is 1. The van der Waals surface area contributed by atoms with E-state index >= 15 is 0 Å². The summed E-state index contributed by atoms with van der Waals surface area (Å²) in [5, 5.41) is 1.43. The molecule has 8 heteroatoms. The minimum Gasteiger partial charge on any atom is -0.292 e. The summed E-state index contributed by atoms with van der Waals surface area (Å²) in [6, 6.07) is 10.4. The molecule has 1 aromatic heterocycles. The summed E-state index contributed by atoms with van der Waals surface area (Å²) in [6.45, 7) is 9.60. The van der Waals surface area contributed by atoms with Gasteiger partial charge in [-0.25, -0.2) is 4.98 Å². The van der Waals surface area contributed by atoms with Crippen LogP contribution in [0.3, 0.4) is 0 Å². The SMILES string of the molecule is CCCC(=O)c1cc(-c2ccc3c4c(c(S(=O)(=O)O)cc3c2)N=C(C)C4(C)C)cc(C(=O)CCC)n1. The van der Waals surface area contributed by atoms with Crippen LogP contribution < -0.4 is 0 Å². The van der Waals surface area contributed by atoms with Gasteiger partial charge in [-0.2, -0.15) is 8.42 Å². The molecule has 0 saturated carbocycles. The van der Waals surface area contributed by atoms with Crippen molar-refractivity contribution in [3.05, 3.63) is 53.3 Å². The van der Waals surface area contributed by atoms with E-state index in [0.29, 0.717) is 42.2 Å². The molecular formula is C28H30N2O5S. The summed E-state index contributed by atoms with van der Waals surface area (Å²) >= 11 is 0. The number of aromatic nitrogens is 1. The number of ketones is 2. The minimum absolute atomic E-state index is 0.133. The molecule has 0 spiro atoms. The molecule has 2 aromatic carbocycles. The number of pyridine rings is 1. The Morgan fingerprint density at radius 1 is 0.917 bits per heavy atom. The molecule has 7 nitrogen and oxygen atoms in total. The Morgan fingerprint density at radius 3 is 2.03 bits per heavy atom. The van der Waals surface area contributed by atoms with Gasteiger partial charge in [-0.3, -0.25) is 19.1 Å². The first kappa shape index (κ1) is 25.9. The van der Waals surface area contributed by atoms with Crippen LogP contribution in [0.15, 0.2) is 46.3 Å². The maximum absolute atomic E-state index is 12.7. The number of carbonyl (C=O) groups is 2. The summed E-state index contributed by atoms with van der Waals surface area (Å²) in [6.07, 6.45) is 1.99. The van der Waals surface area contributed by atoms with Crippen LogP contribution in [0.4, 0.5) is 5.69 Å². The van der Waals surface area contributed by atoms with Gasteiger partial charge in [0.2, 0.25) is 0 Å². The first-order valence-electron chi connectivity index (χ1n) is 12.1. The number of carbonyl (C=O) groups excluding carboxylic acids is 2. The molecule has 3 aromatic rings. The lowest BCUT2D eigenvalue weighted by Crippen LogP contribution is -2.23. The van der Waals surface area contributed by atoms with Crippen LogP contribution in [0.1, 0.15) is 86.8 Å². The van der Waals surface area contributed by atoms with Gasteiger partial charge < -0.3 is 0 Å². The van der Waals surface area contributed by atoms with E-state index in [1.54, 1.807) is 12.1 Å². The second-order valence-corrected chi connectivity index (χ2v) is 11.2. The van der Waals surface area contributed by atoms with Crippen molar-refractivity contribution in [2.45, 2.75) is 70.6 Å². The predicted octanol–water partition coefficient (Wildman–Crippen LogP) is 6.50. The normalized spacial score (nSPS) is 14.6. The van der Waals surface area contributed by atoms with E-state index in [1.807, 2.05) is 52.8 Å². The Bertz CT molecular complexity index is 1520. The molecule has 0 saturated heterocycles. The first-order chi connectivity index (χ1) is 16.9. The predicted molar refractivity (Wildman–Crippen MR) is 141 cm³/mol. The van der Waals surface area contributed by atoms with Gasteiger partial charge in [-0.15, -0.1) is 0 Å². The Morgan fingerprint density at radius 2 is 1.50 bits per heavy atom. The molecule has 0 unspecified atom stereocenters. The average molecular weight is 507 g/mol. The minimum atomic E-state index is -4.53. The first-order valence-corrected chi connectivity index (χ1v) is 13.6. The van der Waals surface area contributed by atoms with Crippen molar-refractivity contribution in [2.24, 2.45) is 4.99 Å². The van der Waals surface area contributed by atoms with Crippen molar-refractivity contribution in [1.29, 1.82) is 0 Å². The zero-order valence-electron chi connectivity index (χ0n) is 21.2. The molecule has 36 heavy (non-hydrogen) atoms. The molecule has 1 aliphatic rings. The van der Waals surface area contributed by atoms with Crippen LogP contribution in [0.2, 0.25) is 0 Å². The van der Waals surface area contributed by atoms with Crippen molar-refractivity contribution >= 4 is 43.9 Å². The number of benzene rings is 2. The van der Waals surface area contributed by atoms with Crippen LogP contribution in [0.5, 0.6) is 0 Å². The Hall–Kier alpha value is -3.23. The molecule has 1 aliphatic heterocycles. The van der Waals surface area contributed by atoms with Crippen molar-refractivity contribution in [1.82, 2.24) is 4.98 Å². The van der Waals surface area contributed by atoms with Crippen LogP contribution in [0, 0.1) is 0 Å². The fourth-order valence-electron chi connectivity index (χ4n) is 4.67. The van der Waals surface area contributed by atoms with Crippen molar-refractivity contribution < 1.29 is 22.6 Å². The third-order valence-electron chi connectivity index (χ3n) is 6.85. The van der Waals surface area contributed by atoms with Gasteiger partial charge in [-0.1, -0.05) is 39.8 Å². The maximum Gasteiger partial charge on any atom is 0.296 e. The lowest BCUT2D eigenvalue weighted by molar-refractivity contribution is 0.0973. The molecule has 0 radical (unpaired) electrons. The molecular weight excluding hydrogens is 476 g/mol. The number of hydrogen-bond donors (Lipinski definition) is 1. The smallest absolute Gasteiger partial charge is 0.292 e. The summed E-state index contributed by atoms with van der Waals surface area (Å²) in [5.41, 5.74) is 3.08. The standard InChI is InChI=1S/C28H30N2O5S/c1-6-8-23(31)21-13-18(14-22(30-21)24(32)9-7-2)17-10-11-20-19(12-17)15-25(36(33,34)35)27-26(20)28(4,5)16(3)29-27/h10-15H,6-9H2,1-5H3,(H,33,34,35). The van der Waals surface area contributed by atoms with Gasteiger partial charge in [0.25, 0.3) is 10.1 Å². The van der Waals surface area contributed by atoms with Crippen LogP contribution >= 0.6 is 0 Å². The lowest BCUT2D eigenvalue weighted by atomic mass is 9.79. The second-order valence-electron chi connectivity index (χ2n) is 9.80. The van der Waals surface area contributed by atoms with Gasteiger partial charge in [0.1, 0.15) is 16.3 Å². The van der Waals surface area contributed by atoms with Crippen LogP contribution in [0.25, 0.3) is 21.9 Å². The Balaban J connectivity index is 1.96. The number of rotatable bonds is 8. The highest BCUT2D eigenvalue weighted by Gasteiger charge is 2.37. The summed E-state index contributed by atoms with van der Waals surface area (Å²) < 4.78 is 34.5. The van der Waals surface area contributed by atoms with E-state index in [9.17, 15) is 22.6 Å². The lowest BCUT2D eigenvalue weighted by Gasteiger charge is -2.23. The van der Waals surface area contributed by atoms with E-state index in [1.165, 1.54) is 6.07 Å². The number of Topliss-reactive ketones (excluding diaryl/α,β-unsaturated/α-hetero) is 2. The third-order valence-corrected chi connectivity index (χ3v) is 7.72. The van der Waals surface area contributed by atoms with Crippen LogP contribution in [-0.2, 0) is 15.5 Å². The second kappa shape index (κ2) is 9.33. The van der Waals surface area contributed by atoms with Crippen molar-refractivity contribution in [3.8, 4) is 11.1 Å². The summed E-state index contributed by atoms with van der Waals surface area (Å²) in [5.74, 6) is -0.266. The molecule has 188 valence electrons. The fraction of sp³-hybridized carbons (Fsp3) is 0.357. The average Bonchev–Trinajstić information content (AvgIpc) is 3.06.